The quantitative estimate of drug-likeness (QED) is 0.544. The lowest BCUT2D eigenvalue weighted by atomic mass is 10.3. The maximum absolute atomic E-state index is 10.3. The summed E-state index contributed by atoms with van der Waals surface area (Å²) in [7, 11) is 0. The molecule has 1 aromatic rings. The zero-order valence-corrected chi connectivity index (χ0v) is 7.55. The Morgan fingerprint density at radius 2 is 2.00 bits per heavy atom. The molecule has 0 saturated carbocycles. The molecular weight excluding hydrogens is 199 g/mol. The highest BCUT2D eigenvalue weighted by Crippen LogP contribution is 1.96. The van der Waals surface area contributed by atoms with E-state index in [2.05, 4.69) is 9.97 Å². The van der Waals surface area contributed by atoms with Crippen LogP contribution in [-0.2, 0) is 4.79 Å². The van der Waals surface area contributed by atoms with E-state index >= 15 is 0 Å². The monoisotopic (exact) mass is 204 g/mol. The summed E-state index contributed by atoms with van der Waals surface area (Å²) < 4.78 is 0. The van der Waals surface area contributed by atoms with Crippen molar-refractivity contribution in [3.8, 4) is 0 Å². The van der Waals surface area contributed by atoms with Gasteiger partial charge in [0.05, 0.1) is 0 Å². The molecule has 0 saturated heterocycles. The molecule has 0 spiro atoms. The van der Waals surface area contributed by atoms with Crippen LogP contribution in [0.25, 0.3) is 6.08 Å². The minimum atomic E-state index is -0.506. The second-order valence-corrected chi connectivity index (χ2v) is 2.18. The number of hydrogen-bond donors (Lipinski definition) is 0. The first kappa shape index (κ1) is 11.1. The van der Waals surface area contributed by atoms with Gasteiger partial charge in [-0.3, -0.25) is 4.79 Å². The average Bonchev–Trinajstić information content (AvgIpc) is 2.03. The van der Waals surface area contributed by atoms with Gasteiger partial charge in [-0.05, 0) is 23.8 Å². The molecule has 1 aromatic heterocycles. The van der Waals surface area contributed by atoms with Crippen LogP contribution in [0.5, 0.6) is 0 Å². The Morgan fingerprint density at radius 3 is 2.50 bits per heavy atom. The Kier molecular flexibility index (Phi) is 5.25. The maximum atomic E-state index is 10.3. The molecule has 0 atom stereocenters. The third-order valence-electron chi connectivity index (χ3n) is 0.987. The van der Waals surface area contributed by atoms with E-state index < -0.39 is 5.24 Å². The van der Waals surface area contributed by atoms with Crippen molar-refractivity contribution >= 4 is 35.3 Å². The molecule has 0 fully saturated rings. The molecule has 0 radical (unpaired) electrons. The summed E-state index contributed by atoms with van der Waals surface area (Å²) >= 11 is 5.06. The molecule has 3 nitrogen and oxygen atoms in total. The summed E-state index contributed by atoms with van der Waals surface area (Å²) in [6, 6.07) is 0. The van der Waals surface area contributed by atoms with E-state index in [-0.39, 0.29) is 12.4 Å². The molecular formula is C7H6Cl2N2O. The van der Waals surface area contributed by atoms with E-state index in [0.29, 0.717) is 0 Å². The highest BCUT2D eigenvalue weighted by molar-refractivity contribution is 6.66. The van der Waals surface area contributed by atoms with Crippen molar-refractivity contribution in [2.24, 2.45) is 0 Å². The van der Waals surface area contributed by atoms with Gasteiger partial charge in [-0.2, -0.15) is 0 Å². The standard InChI is InChI=1S/C7H5ClN2O.ClH/c8-7(11)2-1-6-3-9-5-10-4-6;/h1-5H;1H. The number of rotatable bonds is 2. The van der Waals surface area contributed by atoms with Gasteiger partial charge in [-0.15, -0.1) is 12.4 Å². The first-order valence-corrected chi connectivity index (χ1v) is 3.29. The molecule has 0 aliphatic carbocycles. The van der Waals surface area contributed by atoms with Gasteiger partial charge in [0, 0.05) is 18.0 Å². The number of aromatic nitrogens is 2. The molecule has 0 amide bonds. The summed E-state index contributed by atoms with van der Waals surface area (Å²) in [6.07, 6.45) is 7.39. The number of halogens is 2. The lowest BCUT2D eigenvalue weighted by molar-refractivity contribution is -0.107. The smallest absolute Gasteiger partial charge is 0.245 e. The van der Waals surface area contributed by atoms with Gasteiger partial charge in [-0.1, -0.05) is 0 Å². The summed E-state index contributed by atoms with van der Waals surface area (Å²) in [5, 5.41) is -0.506. The summed E-state index contributed by atoms with van der Waals surface area (Å²) in [4.78, 5) is 17.7. The average molecular weight is 205 g/mol. The van der Waals surface area contributed by atoms with Gasteiger partial charge in [0.15, 0.2) is 0 Å². The van der Waals surface area contributed by atoms with Crippen LogP contribution >= 0.6 is 24.0 Å². The van der Waals surface area contributed by atoms with Crippen molar-refractivity contribution < 1.29 is 4.79 Å². The number of hydrogen-bond acceptors (Lipinski definition) is 3. The Bertz CT molecular complexity index is 274. The first-order valence-electron chi connectivity index (χ1n) is 2.91. The van der Waals surface area contributed by atoms with Gasteiger partial charge >= 0.3 is 0 Å². The molecule has 0 aliphatic rings. The number of carbonyl (C=O) groups is 1. The van der Waals surface area contributed by atoms with Gasteiger partial charge in [0.25, 0.3) is 0 Å². The lowest BCUT2D eigenvalue weighted by Gasteiger charge is -1.86. The number of carbonyl (C=O) groups excluding carboxylic acids is 1. The van der Waals surface area contributed by atoms with E-state index in [9.17, 15) is 4.79 Å². The highest BCUT2D eigenvalue weighted by atomic mass is 35.5. The molecule has 1 heterocycles. The van der Waals surface area contributed by atoms with Crippen LogP contribution in [0.4, 0.5) is 0 Å². The molecule has 0 bridgehead atoms. The Morgan fingerprint density at radius 1 is 1.42 bits per heavy atom. The zero-order valence-electron chi connectivity index (χ0n) is 5.98. The maximum Gasteiger partial charge on any atom is 0.245 e. The molecule has 5 heteroatoms. The SMILES string of the molecule is Cl.O=C(Cl)C=Cc1cncnc1. The van der Waals surface area contributed by atoms with Crippen molar-refractivity contribution in [1.82, 2.24) is 9.97 Å². The van der Waals surface area contributed by atoms with Gasteiger partial charge in [0.2, 0.25) is 5.24 Å². The second-order valence-electron chi connectivity index (χ2n) is 1.81. The van der Waals surface area contributed by atoms with Crippen LogP contribution in [0, 0.1) is 0 Å². The fourth-order valence-electron chi connectivity index (χ4n) is 0.558. The summed E-state index contributed by atoms with van der Waals surface area (Å²) in [5.41, 5.74) is 0.751. The molecule has 0 aliphatic heterocycles. The summed E-state index contributed by atoms with van der Waals surface area (Å²) in [5.74, 6) is 0. The van der Waals surface area contributed by atoms with Crippen LogP contribution < -0.4 is 0 Å². The highest BCUT2D eigenvalue weighted by Gasteiger charge is 1.87. The van der Waals surface area contributed by atoms with Gasteiger partial charge in [-0.25, -0.2) is 9.97 Å². The molecule has 12 heavy (non-hydrogen) atoms. The lowest BCUT2D eigenvalue weighted by Crippen LogP contribution is -1.80. The minimum Gasteiger partial charge on any atom is -0.276 e. The zero-order chi connectivity index (χ0) is 8.10. The van der Waals surface area contributed by atoms with E-state index in [1.807, 2.05) is 0 Å². The third kappa shape index (κ3) is 4.05. The van der Waals surface area contributed by atoms with Crippen molar-refractivity contribution in [2.75, 3.05) is 0 Å². The van der Waals surface area contributed by atoms with Crippen LogP contribution in [-0.4, -0.2) is 15.2 Å². The molecule has 0 N–H and O–H groups in total. The summed E-state index contributed by atoms with van der Waals surface area (Å²) in [6.45, 7) is 0. The minimum absolute atomic E-state index is 0. The van der Waals surface area contributed by atoms with E-state index in [1.165, 1.54) is 12.4 Å². The third-order valence-corrected chi connectivity index (χ3v) is 1.11. The van der Waals surface area contributed by atoms with Crippen LogP contribution in [0.2, 0.25) is 0 Å². The number of allylic oxidation sites excluding steroid dienone is 1. The van der Waals surface area contributed by atoms with Crippen LogP contribution in [0.15, 0.2) is 24.8 Å². The molecule has 0 aromatic carbocycles. The van der Waals surface area contributed by atoms with E-state index in [4.69, 9.17) is 11.6 Å². The Hall–Kier alpha value is -0.930. The van der Waals surface area contributed by atoms with Crippen molar-refractivity contribution in [1.29, 1.82) is 0 Å². The predicted octanol–water partition coefficient (Wildman–Crippen LogP) is 1.68. The van der Waals surface area contributed by atoms with E-state index in [1.54, 1.807) is 18.5 Å². The molecule has 0 unspecified atom stereocenters. The van der Waals surface area contributed by atoms with Crippen LogP contribution in [0.1, 0.15) is 5.56 Å². The predicted molar refractivity (Wildman–Crippen MR) is 49.2 cm³/mol. The Labute approximate surface area is 80.9 Å². The fraction of sp³-hybridized carbons (Fsp3) is 0. The van der Waals surface area contributed by atoms with Crippen LogP contribution in [0.3, 0.4) is 0 Å². The Balaban J connectivity index is 0.00000121. The fourth-order valence-corrected chi connectivity index (χ4v) is 0.621. The normalized spacial score (nSPS) is 9.42. The second kappa shape index (κ2) is 5.69. The van der Waals surface area contributed by atoms with Gasteiger partial charge < -0.3 is 0 Å². The van der Waals surface area contributed by atoms with Crippen molar-refractivity contribution in [3.05, 3.63) is 30.4 Å². The molecule has 64 valence electrons. The first-order chi connectivity index (χ1) is 5.29. The van der Waals surface area contributed by atoms with Crippen molar-refractivity contribution in [2.45, 2.75) is 0 Å². The topological polar surface area (TPSA) is 42.9 Å². The van der Waals surface area contributed by atoms with Gasteiger partial charge in [0.1, 0.15) is 6.33 Å². The largest absolute Gasteiger partial charge is 0.276 e. The van der Waals surface area contributed by atoms with Crippen molar-refractivity contribution in [3.63, 3.8) is 0 Å². The molecule has 1 rings (SSSR count). The van der Waals surface area contributed by atoms with E-state index in [0.717, 1.165) is 5.56 Å². The number of nitrogens with zero attached hydrogens (tertiary/aromatic N) is 2.